The summed E-state index contributed by atoms with van der Waals surface area (Å²) < 4.78 is 0. The van der Waals surface area contributed by atoms with Gasteiger partial charge in [-0.2, -0.15) is 0 Å². The van der Waals surface area contributed by atoms with Crippen LogP contribution in [0.1, 0.15) is 19.3 Å². The predicted octanol–water partition coefficient (Wildman–Crippen LogP) is -0.0565. The van der Waals surface area contributed by atoms with Gasteiger partial charge >= 0.3 is 11.9 Å². The van der Waals surface area contributed by atoms with Gasteiger partial charge in [-0.15, -0.1) is 0 Å². The van der Waals surface area contributed by atoms with Crippen LogP contribution in [-0.4, -0.2) is 71.2 Å². The number of hydrogen-bond donors (Lipinski definition) is 2. The zero-order valence-corrected chi connectivity index (χ0v) is 9.97. The smallest absolute Gasteiger partial charge is 0.317 e. The quantitative estimate of drug-likeness (QED) is 0.653. The van der Waals surface area contributed by atoms with Gasteiger partial charge in [0.25, 0.3) is 0 Å². The molecular formula is C11H20N2O4. The van der Waals surface area contributed by atoms with Crippen molar-refractivity contribution in [3.8, 4) is 0 Å². The molecule has 0 radical (unpaired) electrons. The number of nitrogens with zero attached hydrogens (tertiary/aromatic N) is 2. The molecule has 0 amide bonds. The lowest BCUT2D eigenvalue weighted by atomic mass is 10.1. The van der Waals surface area contributed by atoms with E-state index in [9.17, 15) is 9.59 Å². The summed E-state index contributed by atoms with van der Waals surface area (Å²) in [6.45, 7) is 2.90. The Hall–Kier alpha value is -1.14. The van der Waals surface area contributed by atoms with Crippen LogP contribution >= 0.6 is 0 Å². The van der Waals surface area contributed by atoms with Crippen LogP contribution in [0, 0.1) is 0 Å². The van der Waals surface area contributed by atoms with Gasteiger partial charge in [0.2, 0.25) is 0 Å². The summed E-state index contributed by atoms with van der Waals surface area (Å²) in [4.78, 5) is 24.9. The summed E-state index contributed by atoms with van der Waals surface area (Å²) in [6.07, 6.45) is 3.61. The third-order valence-corrected chi connectivity index (χ3v) is 2.90. The van der Waals surface area contributed by atoms with E-state index in [2.05, 4.69) is 4.90 Å². The molecule has 2 N–H and O–H groups in total. The first-order valence-corrected chi connectivity index (χ1v) is 5.96. The Morgan fingerprint density at radius 1 is 1.00 bits per heavy atom. The van der Waals surface area contributed by atoms with E-state index in [0.717, 1.165) is 19.6 Å². The highest BCUT2D eigenvalue weighted by Gasteiger charge is 2.16. The van der Waals surface area contributed by atoms with Crippen LogP contribution in [0.3, 0.4) is 0 Å². The van der Waals surface area contributed by atoms with Crippen molar-refractivity contribution in [3.63, 3.8) is 0 Å². The molecule has 1 aliphatic rings. The summed E-state index contributed by atoms with van der Waals surface area (Å²) in [7, 11) is 0. The van der Waals surface area contributed by atoms with Crippen LogP contribution in [-0.2, 0) is 9.59 Å². The van der Waals surface area contributed by atoms with Crippen LogP contribution < -0.4 is 0 Å². The SMILES string of the molecule is O=C(O)CN(CCN1CCCCC1)CC(=O)O. The molecular weight excluding hydrogens is 224 g/mol. The second kappa shape index (κ2) is 7.24. The Balaban J connectivity index is 2.31. The van der Waals surface area contributed by atoms with Crippen LogP contribution in [0.25, 0.3) is 0 Å². The number of aliphatic carboxylic acids is 2. The molecule has 1 rings (SSSR count). The van der Waals surface area contributed by atoms with Gasteiger partial charge < -0.3 is 15.1 Å². The molecule has 1 aliphatic heterocycles. The molecule has 0 aromatic rings. The van der Waals surface area contributed by atoms with E-state index in [1.807, 2.05) is 0 Å². The minimum absolute atomic E-state index is 0.208. The number of carboxylic acids is 2. The lowest BCUT2D eigenvalue weighted by molar-refractivity contribution is -0.141. The minimum atomic E-state index is -0.982. The van der Waals surface area contributed by atoms with Gasteiger partial charge in [-0.3, -0.25) is 14.5 Å². The Kier molecular flexibility index (Phi) is 5.93. The molecule has 0 aromatic carbocycles. The van der Waals surface area contributed by atoms with E-state index in [1.165, 1.54) is 24.2 Å². The first kappa shape index (κ1) is 13.9. The second-order valence-corrected chi connectivity index (χ2v) is 4.40. The highest BCUT2D eigenvalue weighted by Crippen LogP contribution is 2.08. The highest BCUT2D eigenvalue weighted by molar-refractivity contribution is 5.72. The van der Waals surface area contributed by atoms with E-state index >= 15 is 0 Å². The molecule has 0 unspecified atom stereocenters. The molecule has 1 fully saturated rings. The van der Waals surface area contributed by atoms with Crippen molar-refractivity contribution in [3.05, 3.63) is 0 Å². The van der Waals surface area contributed by atoms with Crippen molar-refractivity contribution in [2.75, 3.05) is 39.3 Å². The normalized spacial score (nSPS) is 17.2. The molecule has 0 aromatic heterocycles. The Bertz CT molecular complexity index is 248. The van der Waals surface area contributed by atoms with E-state index < -0.39 is 11.9 Å². The molecule has 1 saturated heterocycles. The van der Waals surface area contributed by atoms with Crippen molar-refractivity contribution in [1.82, 2.24) is 9.80 Å². The van der Waals surface area contributed by atoms with Crippen molar-refractivity contribution in [1.29, 1.82) is 0 Å². The lowest BCUT2D eigenvalue weighted by Crippen LogP contribution is -2.41. The first-order chi connectivity index (χ1) is 8.08. The zero-order valence-electron chi connectivity index (χ0n) is 9.97. The maximum Gasteiger partial charge on any atom is 0.317 e. The molecule has 0 bridgehead atoms. The maximum atomic E-state index is 10.6. The molecule has 1 heterocycles. The number of piperidine rings is 1. The predicted molar refractivity (Wildman–Crippen MR) is 62.0 cm³/mol. The van der Waals surface area contributed by atoms with Crippen LogP contribution in [0.2, 0.25) is 0 Å². The number of rotatable bonds is 7. The Morgan fingerprint density at radius 3 is 2.00 bits per heavy atom. The van der Waals surface area contributed by atoms with Gasteiger partial charge in [0.05, 0.1) is 13.1 Å². The number of likely N-dealkylation sites (tertiary alicyclic amines) is 1. The topological polar surface area (TPSA) is 81.1 Å². The summed E-state index contributed by atoms with van der Waals surface area (Å²) in [6, 6.07) is 0. The van der Waals surface area contributed by atoms with Gasteiger partial charge in [0.1, 0.15) is 0 Å². The fourth-order valence-electron chi connectivity index (χ4n) is 2.06. The molecule has 0 aliphatic carbocycles. The third kappa shape index (κ3) is 6.23. The van der Waals surface area contributed by atoms with Gasteiger partial charge in [0.15, 0.2) is 0 Å². The molecule has 6 nitrogen and oxygen atoms in total. The maximum absolute atomic E-state index is 10.6. The van der Waals surface area contributed by atoms with Crippen molar-refractivity contribution in [2.24, 2.45) is 0 Å². The summed E-state index contributed by atoms with van der Waals surface area (Å²) in [5, 5.41) is 17.4. The molecule has 17 heavy (non-hydrogen) atoms. The fraction of sp³-hybridized carbons (Fsp3) is 0.818. The molecule has 0 atom stereocenters. The number of hydrogen-bond acceptors (Lipinski definition) is 4. The van der Waals surface area contributed by atoms with Gasteiger partial charge in [0, 0.05) is 13.1 Å². The van der Waals surface area contributed by atoms with Gasteiger partial charge in [-0.1, -0.05) is 6.42 Å². The van der Waals surface area contributed by atoms with E-state index in [0.29, 0.717) is 6.54 Å². The average molecular weight is 244 g/mol. The summed E-state index contributed by atoms with van der Waals surface area (Å²) in [5.41, 5.74) is 0. The number of carbonyl (C=O) groups is 2. The standard InChI is InChI=1S/C11H20N2O4/c14-10(15)8-13(9-11(16)17)7-6-12-4-2-1-3-5-12/h1-9H2,(H,14,15)(H,16,17). The first-order valence-electron chi connectivity index (χ1n) is 5.96. The van der Waals surface area contributed by atoms with Crippen LogP contribution in [0.15, 0.2) is 0 Å². The van der Waals surface area contributed by atoms with Crippen LogP contribution in [0.5, 0.6) is 0 Å². The molecule has 98 valence electrons. The van der Waals surface area contributed by atoms with E-state index in [-0.39, 0.29) is 13.1 Å². The van der Waals surface area contributed by atoms with E-state index in [1.54, 1.807) is 0 Å². The molecule has 6 heteroatoms. The Labute approximate surface area is 101 Å². The number of carboxylic acid groups (broad SMARTS) is 2. The summed E-state index contributed by atoms with van der Waals surface area (Å²) in [5.74, 6) is -1.96. The Morgan fingerprint density at radius 2 is 1.53 bits per heavy atom. The fourth-order valence-corrected chi connectivity index (χ4v) is 2.06. The van der Waals surface area contributed by atoms with Crippen molar-refractivity contribution < 1.29 is 19.8 Å². The van der Waals surface area contributed by atoms with Crippen LogP contribution in [0.4, 0.5) is 0 Å². The average Bonchev–Trinajstić information content (AvgIpc) is 2.26. The highest BCUT2D eigenvalue weighted by atomic mass is 16.4. The monoisotopic (exact) mass is 244 g/mol. The zero-order chi connectivity index (χ0) is 12.7. The second-order valence-electron chi connectivity index (χ2n) is 4.40. The third-order valence-electron chi connectivity index (χ3n) is 2.90. The van der Waals surface area contributed by atoms with Gasteiger partial charge in [-0.25, -0.2) is 0 Å². The summed E-state index contributed by atoms with van der Waals surface area (Å²) >= 11 is 0. The lowest BCUT2D eigenvalue weighted by Gasteiger charge is -2.28. The van der Waals surface area contributed by atoms with Gasteiger partial charge in [-0.05, 0) is 25.9 Å². The largest absolute Gasteiger partial charge is 0.480 e. The molecule has 0 spiro atoms. The van der Waals surface area contributed by atoms with Crippen molar-refractivity contribution >= 4 is 11.9 Å². The minimum Gasteiger partial charge on any atom is -0.480 e. The molecule has 0 saturated carbocycles. The van der Waals surface area contributed by atoms with Crippen molar-refractivity contribution in [2.45, 2.75) is 19.3 Å². The van der Waals surface area contributed by atoms with E-state index in [4.69, 9.17) is 10.2 Å².